The number of carbonyl (C=O) groups is 2. The Kier molecular flexibility index (Phi) is 17.1. The van der Waals surface area contributed by atoms with E-state index in [0.29, 0.717) is 11.0 Å². The third-order valence-electron chi connectivity index (χ3n) is 5.72. The second-order valence-electron chi connectivity index (χ2n) is 9.39. The van der Waals surface area contributed by atoms with Crippen LogP contribution in [0.25, 0.3) is 0 Å². The molecule has 0 atom stereocenters. The topological polar surface area (TPSA) is 60.4 Å². The van der Waals surface area contributed by atoms with Crippen LogP contribution in [0.4, 0.5) is 0 Å². The highest BCUT2D eigenvalue weighted by molar-refractivity contribution is 5.81. The highest BCUT2D eigenvalue weighted by atomic mass is 16.4. The van der Waals surface area contributed by atoms with Crippen LogP contribution in [0.15, 0.2) is 0 Å². The molecule has 0 saturated heterocycles. The molecule has 0 unspecified atom stereocenters. The first-order chi connectivity index (χ1) is 13.8. The van der Waals surface area contributed by atoms with Crippen molar-refractivity contribution in [2.45, 2.75) is 103 Å². The van der Waals surface area contributed by atoms with Gasteiger partial charge in [0, 0.05) is 7.05 Å². The summed E-state index contributed by atoms with van der Waals surface area (Å²) in [4.78, 5) is 23.9. The summed E-state index contributed by atoms with van der Waals surface area (Å²) >= 11 is 0. The van der Waals surface area contributed by atoms with Crippen molar-refractivity contribution >= 4 is 11.9 Å². The van der Waals surface area contributed by atoms with E-state index in [1.807, 2.05) is 14.1 Å². The average molecular weight is 413 g/mol. The number of quaternary nitrogens is 1. The molecule has 0 aromatic rings. The van der Waals surface area contributed by atoms with Gasteiger partial charge in [-0.05, 0) is 12.8 Å². The first-order valence-electron chi connectivity index (χ1n) is 12.0. The van der Waals surface area contributed by atoms with Crippen LogP contribution < -0.4 is 5.11 Å². The fourth-order valence-corrected chi connectivity index (χ4v) is 3.76. The smallest absolute Gasteiger partial charge is 0.277 e. The maximum atomic E-state index is 12.1. The van der Waals surface area contributed by atoms with Crippen LogP contribution in [0.1, 0.15) is 103 Å². The Morgan fingerprint density at radius 2 is 1.10 bits per heavy atom. The molecular weight excluding hydrogens is 364 g/mol. The SMILES string of the molecule is CCCCCCCCCCCCCCCCC[N+](C)(C)CC(=O)N(C)CC(=O)[O-]. The lowest BCUT2D eigenvalue weighted by atomic mass is 10.0. The molecule has 0 spiro atoms. The van der Waals surface area contributed by atoms with Gasteiger partial charge in [0.05, 0.1) is 33.2 Å². The Morgan fingerprint density at radius 1 is 0.724 bits per heavy atom. The summed E-state index contributed by atoms with van der Waals surface area (Å²) in [5.74, 6) is -1.35. The molecule has 0 aromatic carbocycles. The number of rotatable bonds is 20. The third kappa shape index (κ3) is 18.7. The lowest BCUT2D eigenvalue weighted by Crippen LogP contribution is -2.50. The molecule has 1 amide bonds. The minimum Gasteiger partial charge on any atom is -0.548 e. The lowest BCUT2D eigenvalue weighted by molar-refractivity contribution is -0.882. The zero-order valence-electron chi connectivity index (χ0n) is 19.8. The van der Waals surface area contributed by atoms with Crippen molar-refractivity contribution in [3.63, 3.8) is 0 Å². The van der Waals surface area contributed by atoms with Gasteiger partial charge in [-0.15, -0.1) is 0 Å². The Labute approximate surface area is 180 Å². The highest BCUT2D eigenvalue weighted by Gasteiger charge is 2.22. The second-order valence-corrected chi connectivity index (χ2v) is 9.39. The van der Waals surface area contributed by atoms with Gasteiger partial charge >= 0.3 is 0 Å². The van der Waals surface area contributed by atoms with Crippen LogP contribution in [0.3, 0.4) is 0 Å². The van der Waals surface area contributed by atoms with E-state index < -0.39 is 5.97 Å². The van der Waals surface area contributed by atoms with Crippen molar-refractivity contribution in [3.8, 4) is 0 Å². The van der Waals surface area contributed by atoms with E-state index in [-0.39, 0.29) is 12.5 Å². The highest BCUT2D eigenvalue weighted by Crippen LogP contribution is 2.14. The van der Waals surface area contributed by atoms with E-state index >= 15 is 0 Å². The predicted molar refractivity (Wildman–Crippen MR) is 119 cm³/mol. The number of hydrogen-bond donors (Lipinski definition) is 0. The lowest BCUT2D eigenvalue weighted by Gasteiger charge is -2.31. The van der Waals surface area contributed by atoms with Crippen LogP contribution >= 0.6 is 0 Å². The minimum atomic E-state index is -1.21. The molecule has 0 aliphatic heterocycles. The fraction of sp³-hybridized carbons (Fsp3) is 0.917. The van der Waals surface area contributed by atoms with Gasteiger partial charge in [0.25, 0.3) is 5.91 Å². The number of carboxylic acids is 1. The maximum Gasteiger partial charge on any atom is 0.277 e. The van der Waals surface area contributed by atoms with E-state index in [9.17, 15) is 14.7 Å². The van der Waals surface area contributed by atoms with Crippen LogP contribution in [-0.4, -0.2) is 62.0 Å². The number of unbranched alkanes of at least 4 members (excludes halogenated alkanes) is 14. The van der Waals surface area contributed by atoms with E-state index in [1.165, 1.54) is 102 Å². The molecule has 0 aromatic heterocycles. The molecule has 0 saturated carbocycles. The summed E-state index contributed by atoms with van der Waals surface area (Å²) < 4.78 is 0.606. The maximum absolute atomic E-state index is 12.1. The molecule has 0 radical (unpaired) electrons. The van der Waals surface area contributed by atoms with E-state index in [1.54, 1.807) is 0 Å². The van der Waals surface area contributed by atoms with Crippen molar-refractivity contribution in [2.75, 3.05) is 40.8 Å². The van der Waals surface area contributed by atoms with Crippen LogP contribution in [0, 0.1) is 0 Å². The van der Waals surface area contributed by atoms with Crippen LogP contribution in [0.2, 0.25) is 0 Å². The standard InChI is InChI=1S/C24H48N2O3/c1-5-6-7-8-9-10-11-12-13-14-15-16-17-18-19-20-26(3,4)22-23(27)25(2)21-24(28)29/h5-22H2,1-4H3. The van der Waals surface area contributed by atoms with E-state index in [4.69, 9.17) is 0 Å². The molecule has 0 heterocycles. The first-order valence-corrected chi connectivity index (χ1v) is 12.0. The minimum absolute atomic E-state index is 0.139. The quantitative estimate of drug-likeness (QED) is 0.223. The number of carboxylic acid groups (broad SMARTS) is 1. The van der Waals surface area contributed by atoms with Gasteiger partial charge in [-0.2, -0.15) is 0 Å². The summed E-state index contributed by atoms with van der Waals surface area (Å²) in [5, 5.41) is 10.6. The van der Waals surface area contributed by atoms with Gasteiger partial charge in [-0.3, -0.25) is 4.79 Å². The molecule has 29 heavy (non-hydrogen) atoms. The van der Waals surface area contributed by atoms with Crippen molar-refractivity contribution in [3.05, 3.63) is 0 Å². The Morgan fingerprint density at radius 3 is 1.48 bits per heavy atom. The molecular formula is C24H48N2O3. The summed E-state index contributed by atoms with van der Waals surface area (Å²) in [6, 6.07) is 0. The number of carbonyl (C=O) groups excluding carboxylic acids is 2. The normalized spacial score (nSPS) is 11.6. The largest absolute Gasteiger partial charge is 0.548 e. The van der Waals surface area contributed by atoms with E-state index in [2.05, 4.69) is 6.92 Å². The van der Waals surface area contributed by atoms with Crippen molar-refractivity contribution in [1.29, 1.82) is 0 Å². The Hall–Kier alpha value is -1.10. The molecule has 0 aliphatic rings. The van der Waals surface area contributed by atoms with Gasteiger partial charge in [0.15, 0.2) is 6.54 Å². The molecule has 0 rings (SSSR count). The third-order valence-corrected chi connectivity index (χ3v) is 5.72. The second kappa shape index (κ2) is 17.7. The van der Waals surface area contributed by atoms with Gasteiger partial charge < -0.3 is 19.3 Å². The monoisotopic (exact) mass is 412 g/mol. The van der Waals surface area contributed by atoms with Crippen molar-refractivity contribution in [2.24, 2.45) is 0 Å². The molecule has 5 nitrogen and oxygen atoms in total. The average Bonchev–Trinajstić information content (AvgIpc) is 2.64. The van der Waals surface area contributed by atoms with Crippen LogP contribution in [-0.2, 0) is 9.59 Å². The number of likely N-dealkylation sites (N-methyl/N-ethyl adjacent to an activating group) is 2. The molecule has 5 heteroatoms. The molecule has 0 bridgehead atoms. The first kappa shape index (κ1) is 27.9. The zero-order valence-corrected chi connectivity index (χ0v) is 19.8. The van der Waals surface area contributed by atoms with Crippen molar-refractivity contribution in [1.82, 2.24) is 4.90 Å². The number of nitrogens with zero attached hydrogens (tertiary/aromatic N) is 2. The summed E-state index contributed by atoms with van der Waals surface area (Å²) in [6.45, 7) is 3.22. The number of hydrogen-bond acceptors (Lipinski definition) is 3. The summed E-state index contributed by atoms with van der Waals surface area (Å²) in [6.07, 6.45) is 20.3. The van der Waals surface area contributed by atoms with Crippen LogP contribution in [0.5, 0.6) is 0 Å². The predicted octanol–water partition coefficient (Wildman–Crippen LogP) is 4.14. The fourth-order valence-electron chi connectivity index (χ4n) is 3.76. The number of amides is 1. The zero-order chi connectivity index (χ0) is 22.0. The molecule has 0 fully saturated rings. The molecule has 0 N–H and O–H groups in total. The van der Waals surface area contributed by atoms with Crippen molar-refractivity contribution < 1.29 is 19.2 Å². The Bertz CT molecular complexity index is 424. The number of aliphatic carboxylic acids is 1. The molecule has 0 aliphatic carbocycles. The molecule has 172 valence electrons. The van der Waals surface area contributed by atoms with Gasteiger partial charge in [-0.1, -0.05) is 90.4 Å². The van der Waals surface area contributed by atoms with Gasteiger partial charge in [-0.25, -0.2) is 0 Å². The summed E-state index contributed by atoms with van der Waals surface area (Å²) in [5.41, 5.74) is 0. The Balaban J connectivity index is 3.50. The van der Waals surface area contributed by atoms with Gasteiger partial charge in [0.1, 0.15) is 0 Å². The summed E-state index contributed by atoms with van der Waals surface area (Å²) in [7, 11) is 5.59. The van der Waals surface area contributed by atoms with Gasteiger partial charge in [0.2, 0.25) is 0 Å². The van der Waals surface area contributed by atoms with E-state index in [0.717, 1.165) is 13.0 Å².